The molecule has 1 heterocycles. The third kappa shape index (κ3) is 3.96. The first-order valence-electron chi connectivity index (χ1n) is 9.84. The van der Waals surface area contributed by atoms with Gasteiger partial charge in [-0.3, -0.25) is 24.1 Å². The van der Waals surface area contributed by atoms with E-state index in [2.05, 4.69) is 0 Å². The lowest BCUT2D eigenvalue weighted by molar-refractivity contribution is 0.0420. The van der Waals surface area contributed by atoms with E-state index in [1.165, 1.54) is 24.3 Å². The molecule has 7 nitrogen and oxygen atoms in total. The number of imide groups is 1. The Labute approximate surface area is 183 Å². The van der Waals surface area contributed by atoms with E-state index in [1.54, 1.807) is 54.6 Å². The van der Waals surface area contributed by atoms with Gasteiger partial charge in [-0.05, 0) is 24.3 Å². The van der Waals surface area contributed by atoms with Crippen molar-refractivity contribution in [3.05, 3.63) is 107 Å². The fourth-order valence-corrected chi connectivity index (χ4v) is 3.36. The predicted octanol–water partition coefficient (Wildman–Crippen LogP) is 3.21. The second kappa shape index (κ2) is 8.77. The first-order chi connectivity index (χ1) is 15.5. The number of rotatable bonds is 7. The average Bonchev–Trinajstić information content (AvgIpc) is 3.08. The molecular weight excluding hydrogens is 410 g/mol. The molecule has 3 aromatic carbocycles. The van der Waals surface area contributed by atoms with E-state index in [0.29, 0.717) is 11.1 Å². The number of Topliss-reactive ketones (excluding diaryl/α,β-unsaturated/α-hetero) is 2. The van der Waals surface area contributed by atoms with Gasteiger partial charge in [0, 0.05) is 11.1 Å². The van der Waals surface area contributed by atoms with Crippen LogP contribution in [0.3, 0.4) is 0 Å². The van der Waals surface area contributed by atoms with Gasteiger partial charge in [0.25, 0.3) is 11.8 Å². The highest BCUT2D eigenvalue weighted by Gasteiger charge is 2.34. The number of benzene rings is 3. The van der Waals surface area contributed by atoms with E-state index < -0.39 is 29.4 Å². The van der Waals surface area contributed by atoms with Crippen LogP contribution in [0.2, 0.25) is 0 Å². The maximum atomic E-state index is 12.4. The molecule has 0 spiro atoms. The minimum absolute atomic E-state index is 0.0692. The van der Waals surface area contributed by atoms with E-state index >= 15 is 0 Å². The molecular formula is C25H17NO6. The van der Waals surface area contributed by atoms with Gasteiger partial charge in [-0.2, -0.15) is 0 Å². The van der Waals surface area contributed by atoms with Gasteiger partial charge in [0.05, 0.1) is 23.2 Å². The molecule has 0 saturated carbocycles. The minimum atomic E-state index is -0.679. The molecule has 0 bridgehead atoms. The molecule has 2 amide bonds. The van der Waals surface area contributed by atoms with Crippen LogP contribution in [0.25, 0.3) is 0 Å². The van der Waals surface area contributed by atoms with Crippen LogP contribution in [0.5, 0.6) is 0 Å². The normalized spacial score (nSPS) is 12.4. The zero-order valence-electron chi connectivity index (χ0n) is 16.8. The van der Waals surface area contributed by atoms with Gasteiger partial charge < -0.3 is 4.74 Å². The van der Waals surface area contributed by atoms with E-state index in [0.717, 1.165) is 4.90 Å². The smallest absolute Gasteiger partial charge is 0.338 e. The lowest BCUT2D eigenvalue weighted by atomic mass is 10.0. The van der Waals surface area contributed by atoms with Gasteiger partial charge in [0.2, 0.25) is 11.6 Å². The molecule has 7 heteroatoms. The molecule has 158 valence electrons. The summed E-state index contributed by atoms with van der Waals surface area (Å²) in [6.45, 7) is -0.238. The van der Waals surface area contributed by atoms with E-state index in [9.17, 15) is 24.0 Å². The van der Waals surface area contributed by atoms with E-state index in [-0.39, 0.29) is 29.8 Å². The van der Waals surface area contributed by atoms with Crippen molar-refractivity contribution >= 4 is 29.4 Å². The van der Waals surface area contributed by atoms with Gasteiger partial charge in [0.15, 0.2) is 0 Å². The van der Waals surface area contributed by atoms with Crippen LogP contribution in [0.4, 0.5) is 0 Å². The molecule has 0 aromatic heterocycles. The Morgan fingerprint density at radius 2 is 1.09 bits per heavy atom. The number of ketones is 2. The Morgan fingerprint density at radius 1 is 0.625 bits per heavy atom. The van der Waals surface area contributed by atoms with Crippen molar-refractivity contribution in [1.29, 1.82) is 0 Å². The second-order valence-corrected chi connectivity index (χ2v) is 7.05. The van der Waals surface area contributed by atoms with Gasteiger partial charge in [-0.15, -0.1) is 0 Å². The Bertz CT molecular complexity index is 1200. The largest absolute Gasteiger partial charge is 0.460 e. The van der Waals surface area contributed by atoms with Crippen molar-refractivity contribution < 1.29 is 28.7 Å². The van der Waals surface area contributed by atoms with E-state index in [1.807, 2.05) is 0 Å². The fraction of sp³-hybridized carbons (Fsp3) is 0.0800. The molecule has 3 aromatic rings. The van der Waals surface area contributed by atoms with Crippen molar-refractivity contribution in [3.8, 4) is 0 Å². The molecule has 0 unspecified atom stereocenters. The number of amides is 2. The number of carbonyl (C=O) groups excluding carboxylic acids is 5. The number of nitrogens with zero attached hydrogens (tertiary/aromatic N) is 1. The number of esters is 1. The summed E-state index contributed by atoms with van der Waals surface area (Å²) < 4.78 is 5.17. The topological polar surface area (TPSA) is 97.8 Å². The third-order valence-corrected chi connectivity index (χ3v) is 5.05. The number of fused-ring (bicyclic) bond motifs is 1. The summed E-state index contributed by atoms with van der Waals surface area (Å²) in [6, 6.07) is 20.2. The maximum absolute atomic E-state index is 12.4. The summed E-state index contributed by atoms with van der Waals surface area (Å²) in [7, 11) is 0. The molecule has 0 radical (unpaired) electrons. The number of carbonyl (C=O) groups is 5. The van der Waals surface area contributed by atoms with Crippen molar-refractivity contribution in [2.24, 2.45) is 0 Å². The zero-order chi connectivity index (χ0) is 22.7. The Kier molecular flexibility index (Phi) is 5.72. The number of ether oxygens (including phenoxy) is 1. The standard InChI is InChI=1S/C25H17NO6/c27-21(16-6-2-1-3-7-16)22(28)17-10-12-18(13-11-17)25(31)32-15-14-26-23(29)19-8-4-5-9-20(19)24(26)30/h1-13H,14-15H2. The van der Waals surface area contributed by atoms with Crippen LogP contribution < -0.4 is 0 Å². The first kappa shape index (κ1) is 20.9. The minimum Gasteiger partial charge on any atom is -0.460 e. The lowest BCUT2D eigenvalue weighted by Gasteiger charge is -2.13. The second-order valence-electron chi connectivity index (χ2n) is 7.05. The summed E-state index contributed by atoms with van der Waals surface area (Å²) in [5.74, 6) is -2.83. The Balaban J connectivity index is 1.34. The molecule has 1 aliphatic heterocycles. The molecule has 32 heavy (non-hydrogen) atoms. The van der Waals surface area contributed by atoms with E-state index in [4.69, 9.17) is 4.74 Å². The number of hydrogen-bond donors (Lipinski definition) is 0. The quantitative estimate of drug-likeness (QED) is 0.249. The van der Waals surface area contributed by atoms with Gasteiger partial charge in [0.1, 0.15) is 6.61 Å². The molecule has 4 rings (SSSR count). The molecule has 0 saturated heterocycles. The molecule has 0 aliphatic carbocycles. The van der Waals surface area contributed by atoms with Crippen molar-refractivity contribution in [3.63, 3.8) is 0 Å². The zero-order valence-corrected chi connectivity index (χ0v) is 16.8. The van der Waals surface area contributed by atoms with Gasteiger partial charge in [-0.1, -0.05) is 54.6 Å². The highest BCUT2D eigenvalue weighted by atomic mass is 16.5. The highest BCUT2D eigenvalue weighted by molar-refractivity contribution is 6.49. The summed E-state index contributed by atoms with van der Waals surface area (Å²) in [6.07, 6.45) is 0. The monoisotopic (exact) mass is 427 g/mol. The fourth-order valence-electron chi connectivity index (χ4n) is 3.36. The van der Waals surface area contributed by atoms with Crippen LogP contribution in [0.1, 0.15) is 51.8 Å². The van der Waals surface area contributed by atoms with Crippen molar-refractivity contribution in [2.75, 3.05) is 13.2 Å². The lowest BCUT2D eigenvalue weighted by Crippen LogP contribution is -2.33. The Hall–Kier alpha value is -4.39. The van der Waals surface area contributed by atoms with Crippen LogP contribution in [0, 0.1) is 0 Å². The summed E-state index contributed by atoms with van der Waals surface area (Å²) >= 11 is 0. The molecule has 0 N–H and O–H groups in total. The van der Waals surface area contributed by atoms with Crippen molar-refractivity contribution in [1.82, 2.24) is 4.90 Å². The maximum Gasteiger partial charge on any atom is 0.338 e. The molecule has 0 fully saturated rings. The third-order valence-electron chi connectivity index (χ3n) is 5.05. The Morgan fingerprint density at radius 3 is 1.66 bits per heavy atom. The molecule has 0 atom stereocenters. The molecule has 1 aliphatic rings. The highest BCUT2D eigenvalue weighted by Crippen LogP contribution is 2.22. The van der Waals surface area contributed by atoms with Crippen molar-refractivity contribution in [2.45, 2.75) is 0 Å². The van der Waals surface area contributed by atoms with Crippen LogP contribution in [-0.2, 0) is 4.74 Å². The van der Waals surface area contributed by atoms with Crippen LogP contribution >= 0.6 is 0 Å². The average molecular weight is 427 g/mol. The van der Waals surface area contributed by atoms with Crippen LogP contribution in [0.15, 0.2) is 78.9 Å². The van der Waals surface area contributed by atoms with Gasteiger partial charge >= 0.3 is 5.97 Å². The van der Waals surface area contributed by atoms with Crippen LogP contribution in [-0.4, -0.2) is 47.4 Å². The SMILES string of the molecule is O=C(OCCN1C(=O)c2ccccc2C1=O)c1ccc(C(=O)C(=O)c2ccccc2)cc1. The summed E-state index contributed by atoms with van der Waals surface area (Å²) in [5.41, 5.74) is 1.27. The summed E-state index contributed by atoms with van der Waals surface area (Å²) in [4.78, 5) is 62.6. The number of hydrogen-bond acceptors (Lipinski definition) is 6. The predicted molar refractivity (Wildman–Crippen MR) is 114 cm³/mol. The first-order valence-corrected chi connectivity index (χ1v) is 9.84. The summed E-state index contributed by atoms with van der Waals surface area (Å²) in [5, 5.41) is 0. The van der Waals surface area contributed by atoms with Gasteiger partial charge in [-0.25, -0.2) is 4.79 Å².